The zero-order valence-electron chi connectivity index (χ0n) is 12.7. The van der Waals surface area contributed by atoms with Crippen LogP contribution in [0.25, 0.3) is 0 Å². The lowest BCUT2D eigenvalue weighted by atomic mass is 10.1. The van der Waals surface area contributed by atoms with Gasteiger partial charge in [-0.15, -0.1) is 0 Å². The molecule has 2 unspecified atom stereocenters. The lowest BCUT2D eigenvalue weighted by Gasteiger charge is -2.35. The first-order valence-electron chi connectivity index (χ1n) is 6.96. The molecule has 1 aromatic rings. The maximum atomic E-state index is 12.6. The highest BCUT2D eigenvalue weighted by Crippen LogP contribution is 2.21. The summed E-state index contributed by atoms with van der Waals surface area (Å²) in [5.41, 5.74) is 2.65. The average Bonchev–Trinajstić information content (AvgIpc) is 2.62. The zero-order valence-corrected chi connectivity index (χ0v) is 12.7. The molecular weight excluding hydrogens is 256 g/mol. The Hall–Kier alpha value is -1.62. The van der Waals surface area contributed by atoms with Gasteiger partial charge >= 0.3 is 0 Å². The molecule has 0 bridgehead atoms. The number of rotatable bonds is 2. The number of carbonyl (C=O) groups excluding carboxylic acids is 2. The highest BCUT2D eigenvalue weighted by atomic mass is 16.5. The highest BCUT2D eigenvalue weighted by Gasteiger charge is 2.29. The van der Waals surface area contributed by atoms with Gasteiger partial charge in [0.1, 0.15) is 5.69 Å². The molecule has 0 saturated carbocycles. The van der Waals surface area contributed by atoms with Crippen molar-refractivity contribution in [3.05, 3.63) is 22.5 Å². The van der Waals surface area contributed by atoms with E-state index in [0.29, 0.717) is 24.3 Å². The largest absolute Gasteiger partial charge is 0.372 e. The number of aromatic amines is 1. The summed E-state index contributed by atoms with van der Waals surface area (Å²) in [4.78, 5) is 29.1. The normalized spacial score (nSPS) is 22.9. The van der Waals surface area contributed by atoms with Crippen LogP contribution in [0.1, 0.15) is 52.9 Å². The molecule has 5 nitrogen and oxygen atoms in total. The molecule has 20 heavy (non-hydrogen) atoms. The predicted molar refractivity (Wildman–Crippen MR) is 76.2 cm³/mol. The minimum absolute atomic E-state index is 0.0148. The van der Waals surface area contributed by atoms with Crippen LogP contribution in [0.4, 0.5) is 0 Å². The van der Waals surface area contributed by atoms with Crippen molar-refractivity contribution in [3.63, 3.8) is 0 Å². The zero-order chi connectivity index (χ0) is 15.0. The lowest BCUT2D eigenvalue weighted by Crippen LogP contribution is -2.48. The predicted octanol–water partition coefficient (Wildman–Crippen LogP) is 2.08. The van der Waals surface area contributed by atoms with Gasteiger partial charge in [0.05, 0.1) is 12.2 Å². The first-order chi connectivity index (χ1) is 9.31. The fourth-order valence-electron chi connectivity index (χ4n) is 2.99. The van der Waals surface area contributed by atoms with Gasteiger partial charge in [-0.3, -0.25) is 9.59 Å². The number of hydrogen-bond acceptors (Lipinski definition) is 3. The molecule has 1 saturated heterocycles. The molecule has 0 radical (unpaired) electrons. The Balaban J connectivity index is 2.30. The first-order valence-corrected chi connectivity index (χ1v) is 6.96. The fraction of sp³-hybridized carbons (Fsp3) is 0.600. The summed E-state index contributed by atoms with van der Waals surface area (Å²) in [6.07, 6.45) is 0.0673. The summed E-state index contributed by atoms with van der Waals surface area (Å²) in [5, 5.41) is 0. The van der Waals surface area contributed by atoms with Gasteiger partial charge in [-0.05, 0) is 40.2 Å². The molecule has 1 aliphatic heterocycles. The first kappa shape index (κ1) is 14.8. The van der Waals surface area contributed by atoms with E-state index in [9.17, 15) is 9.59 Å². The SMILES string of the molecule is CC(=O)c1c(C)[nH]c(C(=O)N2CC(C)OC(C)C2)c1C. The van der Waals surface area contributed by atoms with Crippen LogP contribution in [-0.4, -0.2) is 46.9 Å². The molecule has 1 N–H and O–H groups in total. The molecule has 0 aliphatic carbocycles. The summed E-state index contributed by atoms with van der Waals surface area (Å²) in [6, 6.07) is 0. The van der Waals surface area contributed by atoms with Crippen LogP contribution in [0.5, 0.6) is 0 Å². The fourth-order valence-corrected chi connectivity index (χ4v) is 2.99. The molecule has 110 valence electrons. The Labute approximate surface area is 119 Å². The molecule has 2 atom stereocenters. The number of amides is 1. The summed E-state index contributed by atoms with van der Waals surface area (Å²) >= 11 is 0. The standard InChI is InChI=1S/C15H22N2O3/c1-8-6-17(7-9(2)20-8)15(19)14-10(3)13(12(5)18)11(4)16-14/h8-9,16H,6-7H2,1-5H3. The number of carbonyl (C=O) groups is 2. The third-order valence-electron chi connectivity index (χ3n) is 3.71. The second-order valence-electron chi connectivity index (χ2n) is 5.65. The lowest BCUT2D eigenvalue weighted by molar-refractivity contribution is -0.0587. The second kappa shape index (κ2) is 5.40. The van der Waals surface area contributed by atoms with Crippen LogP contribution in [0.2, 0.25) is 0 Å². The smallest absolute Gasteiger partial charge is 0.270 e. The number of aromatic nitrogens is 1. The number of nitrogens with zero attached hydrogens (tertiary/aromatic N) is 1. The number of aryl methyl sites for hydroxylation is 1. The minimum Gasteiger partial charge on any atom is -0.372 e. The van der Waals surface area contributed by atoms with Gasteiger partial charge in [0.25, 0.3) is 5.91 Å². The van der Waals surface area contributed by atoms with E-state index in [1.54, 1.807) is 4.90 Å². The van der Waals surface area contributed by atoms with E-state index in [-0.39, 0.29) is 23.9 Å². The maximum Gasteiger partial charge on any atom is 0.270 e. The van der Waals surface area contributed by atoms with Crippen LogP contribution in [0, 0.1) is 13.8 Å². The van der Waals surface area contributed by atoms with Gasteiger partial charge in [0.15, 0.2) is 5.78 Å². The van der Waals surface area contributed by atoms with E-state index >= 15 is 0 Å². The Bertz CT molecular complexity index is 538. The number of nitrogens with one attached hydrogen (secondary N) is 1. The molecule has 0 spiro atoms. The molecule has 1 fully saturated rings. The summed E-state index contributed by atoms with van der Waals surface area (Å²) in [7, 11) is 0. The minimum atomic E-state index is -0.0555. The van der Waals surface area contributed by atoms with E-state index < -0.39 is 0 Å². The Kier molecular flexibility index (Phi) is 3.99. The number of ether oxygens (including phenoxy) is 1. The topological polar surface area (TPSA) is 62.4 Å². The number of morpholine rings is 1. The maximum absolute atomic E-state index is 12.6. The van der Waals surface area contributed by atoms with Crippen molar-refractivity contribution in [1.82, 2.24) is 9.88 Å². The van der Waals surface area contributed by atoms with Gasteiger partial charge in [0.2, 0.25) is 0 Å². The molecule has 1 aromatic heterocycles. The van der Waals surface area contributed by atoms with Gasteiger partial charge in [-0.2, -0.15) is 0 Å². The average molecular weight is 278 g/mol. The molecule has 0 aromatic carbocycles. The Morgan fingerprint density at radius 1 is 1.20 bits per heavy atom. The molecule has 5 heteroatoms. The quantitative estimate of drug-likeness (QED) is 0.842. The number of H-pyrrole nitrogens is 1. The van der Waals surface area contributed by atoms with Crippen molar-refractivity contribution in [2.24, 2.45) is 0 Å². The van der Waals surface area contributed by atoms with E-state index in [2.05, 4.69) is 4.98 Å². The highest BCUT2D eigenvalue weighted by molar-refractivity contribution is 6.02. The van der Waals surface area contributed by atoms with E-state index in [4.69, 9.17) is 4.74 Å². The Morgan fingerprint density at radius 3 is 2.20 bits per heavy atom. The molecule has 1 aliphatic rings. The third-order valence-corrected chi connectivity index (χ3v) is 3.71. The van der Waals surface area contributed by atoms with Crippen LogP contribution in [-0.2, 0) is 4.74 Å². The summed E-state index contributed by atoms with van der Waals surface area (Å²) in [5.74, 6) is -0.0703. The number of hydrogen-bond donors (Lipinski definition) is 1. The third kappa shape index (κ3) is 2.63. The van der Waals surface area contributed by atoms with E-state index in [0.717, 1.165) is 11.3 Å². The van der Waals surface area contributed by atoms with Gasteiger partial charge in [-0.25, -0.2) is 0 Å². The summed E-state index contributed by atoms with van der Waals surface area (Å²) in [6.45, 7) is 10.3. The van der Waals surface area contributed by atoms with Crippen molar-refractivity contribution in [1.29, 1.82) is 0 Å². The molecule has 2 heterocycles. The van der Waals surface area contributed by atoms with Crippen LogP contribution >= 0.6 is 0 Å². The van der Waals surface area contributed by atoms with Crippen molar-refractivity contribution >= 4 is 11.7 Å². The van der Waals surface area contributed by atoms with Crippen LogP contribution < -0.4 is 0 Å². The van der Waals surface area contributed by atoms with Crippen LogP contribution in [0.3, 0.4) is 0 Å². The van der Waals surface area contributed by atoms with Crippen molar-refractivity contribution in [2.45, 2.75) is 46.8 Å². The molecule has 2 rings (SSSR count). The second-order valence-corrected chi connectivity index (χ2v) is 5.65. The van der Waals surface area contributed by atoms with E-state index in [1.807, 2.05) is 27.7 Å². The molecule has 1 amide bonds. The summed E-state index contributed by atoms with van der Waals surface area (Å²) < 4.78 is 5.64. The number of ketones is 1. The van der Waals surface area contributed by atoms with Crippen LogP contribution in [0.15, 0.2) is 0 Å². The van der Waals surface area contributed by atoms with Crippen molar-refractivity contribution in [2.75, 3.05) is 13.1 Å². The molecular formula is C15H22N2O3. The van der Waals surface area contributed by atoms with Crippen molar-refractivity contribution in [3.8, 4) is 0 Å². The van der Waals surface area contributed by atoms with Crippen molar-refractivity contribution < 1.29 is 14.3 Å². The van der Waals surface area contributed by atoms with Gasteiger partial charge < -0.3 is 14.6 Å². The van der Waals surface area contributed by atoms with Gasteiger partial charge in [0, 0.05) is 24.3 Å². The Morgan fingerprint density at radius 2 is 1.75 bits per heavy atom. The number of Topliss-reactive ketones (excluding diaryl/α,β-unsaturated/α-hetero) is 1. The van der Waals surface area contributed by atoms with E-state index in [1.165, 1.54) is 6.92 Å². The monoisotopic (exact) mass is 278 g/mol. The van der Waals surface area contributed by atoms with Gasteiger partial charge in [-0.1, -0.05) is 0 Å².